The molecule has 0 bridgehead atoms. The molecule has 0 atom stereocenters. The van der Waals surface area contributed by atoms with Crippen LogP contribution in [0.4, 0.5) is 0 Å². The van der Waals surface area contributed by atoms with E-state index in [2.05, 4.69) is 15.4 Å². The molecule has 0 unspecified atom stereocenters. The van der Waals surface area contributed by atoms with Crippen LogP contribution in [0.1, 0.15) is 36.3 Å². The summed E-state index contributed by atoms with van der Waals surface area (Å²) in [4.78, 5) is 16.5. The maximum absolute atomic E-state index is 12.3. The van der Waals surface area contributed by atoms with Gasteiger partial charge in [-0.2, -0.15) is 5.10 Å². The van der Waals surface area contributed by atoms with Crippen LogP contribution in [0.15, 0.2) is 30.6 Å². The van der Waals surface area contributed by atoms with Crippen molar-refractivity contribution >= 4 is 5.91 Å². The van der Waals surface area contributed by atoms with Crippen LogP contribution in [0, 0.1) is 12.3 Å². The molecular weight excluding hydrogens is 280 g/mol. The fourth-order valence-corrected chi connectivity index (χ4v) is 2.15. The van der Waals surface area contributed by atoms with Gasteiger partial charge in [-0.1, -0.05) is 19.9 Å². The molecule has 2 N–H and O–H groups in total. The number of hydrogen-bond donors (Lipinski definition) is 2. The average Bonchev–Trinajstić information content (AvgIpc) is 2.87. The highest BCUT2D eigenvalue weighted by molar-refractivity contribution is 5.95. The topological polar surface area (TPSA) is 80.0 Å². The predicted octanol–water partition coefficient (Wildman–Crippen LogP) is 1.71. The number of amides is 1. The van der Waals surface area contributed by atoms with E-state index in [0.29, 0.717) is 24.3 Å². The van der Waals surface area contributed by atoms with Gasteiger partial charge >= 0.3 is 0 Å². The minimum atomic E-state index is -0.161. The molecule has 2 aromatic heterocycles. The number of carbonyl (C=O) groups is 1. The van der Waals surface area contributed by atoms with Gasteiger partial charge in [0.05, 0.1) is 17.5 Å². The number of pyridine rings is 1. The van der Waals surface area contributed by atoms with Crippen LogP contribution in [0.5, 0.6) is 0 Å². The summed E-state index contributed by atoms with van der Waals surface area (Å²) in [5.74, 6) is 0.519. The zero-order chi connectivity index (χ0) is 16.2. The van der Waals surface area contributed by atoms with Gasteiger partial charge in [0.1, 0.15) is 0 Å². The molecule has 2 rings (SSSR count). The van der Waals surface area contributed by atoms with Gasteiger partial charge in [0, 0.05) is 19.3 Å². The first-order chi connectivity index (χ1) is 10.4. The zero-order valence-corrected chi connectivity index (χ0v) is 13.2. The van der Waals surface area contributed by atoms with Gasteiger partial charge in [-0.15, -0.1) is 0 Å². The molecule has 6 nitrogen and oxygen atoms in total. The van der Waals surface area contributed by atoms with E-state index in [0.717, 1.165) is 5.69 Å². The number of aliphatic hydroxyl groups excluding tert-OH is 1. The third kappa shape index (κ3) is 3.71. The molecule has 0 aromatic carbocycles. The highest BCUT2D eigenvalue weighted by atomic mass is 16.3. The lowest BCUT2D eigenvalue weighted by Crippen LogP contribution is -2.34. The third-order valence-electron chi connectivity index (χ3n) is 3.64. The van der Waals surface area contributed by atoms with Crippen LogP contribution in [0.25, 0.3) is 5.82 Å². The van der Waals surface area contributed by atoms with Crippen LogP contribution in [-0.4, -0.2) is 38.9 Å². The van der Waals surface area contributed by atoms with Crippen molar-refractivity contribution in [3.63, 3.8) is 0 Å². The molecule has 6 heteroatoms. The quantitative estimate of drug-likeness (QED) is 0.851. The lowest BCUT2D eigenvalue weighted by molar-refractivity contribution is 0.0927. The van der Waals surface area contributed by atoms with E-state index in [1.165, 1.54) is 0 Å². The molecule has 22 heavy (non-hydrogen) atoms. The minimum Gasteiger partial charge on any atom is -0.396 e. The second kappa shape index (κ2) is 6.70. The van der Waals surface area contributed by atoms with Crippen molar-refractivity contribution in [2.45, 2.75) is 27.2 Å². The Labute approximate surface area is 130 Å². The van der Waals surface area contributed by atoms with Gasteiger partial charge < -0.3 is 10.4 Å². The fraction of sp³-hybridized carbons (Fsp3) is 0.438. The summed E-state index contributed by atoms with van der Waals surface area (Å²) in [6.45, 7) is 6.47. The van der Waals surface area contributed by atoms with Crippen molar-refractivity contribution in [1.29, 1.82) is 0 Å². The second-order valence-electron chi connectivity index (χ2n) is 6.06. The summed E-state index contributed by atoms with van der Waals surface area (Å²) < 4.78 is 1.65. The van der Waals surface area contributed by atoms with E-state index in [1.54, 1.807) is 17.1 Å². The third-order valence-corrected chi connectivity index (χ3v) is 3.64. The van der Waals surface area contributed by atoms with Crippen molar-refractivity contribution in [3.05, 3.63) is 41.9 Å². The SMILES string of the molecule is Cc1c(C(=O)NCC(C)(C)CCO)cnn1-c1ccccn1. The number of hydrogen-bond acceptors (Lipinski definition) is 4. The van der Waals surface area contributed by atoms with Gasteiger partial charge in [0.15, 0.2) is 5.82 Å². The average molecular weight is 302 g/mol. The number of carbonyl (C=O) groups excluding carboxylic acids is 1. The lowest BCUT2D eigenvalue weighted by Gasteiger charge is -2.23. The molecule has 0 saturated heterocycles. The summed E-state index contributed by atoms with van der Waals surface area (Å²) >= 11 is 0. The highest BCUT2D eigenvalue weighted by Crippen LogP contribution is 2.19. The molecule has 2 heterocycles. The van der Waals surface area contributed by atoms with Crippen molar-refractivity contribution in [2.75, 3.05) is 13.2 Å². The zero-order valence-electron chi connectivity index (χ0n) is 13.2. The number of nitrogens with zero attached hydrogens (tertiary/aromatic N) is 3. The Balaban J connectivity index is 2.10. The highest BCUT2D eigenvalue weighted by Gasteiger charge is 2.21. The lowest BCUT2D eigenvalue weighted by atomic mass is 9.89. The van der Waals surface area contributed by atoms with Crippen LogP contribution in [-0.2, 0) is 0 Å². The molecular formula is C16H22N4O2. The van der Waals surface area contributed by atoms with Crippen molar-refractivity contribution < 1.29 is 9.90 Å². The van der Waals surface area contributed by atoms with Crippen LogP contribution in [0.2, 0.25) is 0 Å². The van der Waals surface area contributed by atoms with Gasteiger partial charge in [-0.05, 0) is 30.9 Å². The summed E-state index contributed by atoms with van der Waals surface area (Å²) in [7, 11) is 0. The van der Waals surface area contributed by atoms with Crippen molar-refractivity contribution in [3.8, 4) is 5.82 Å². The largest absolute Gasteiger partial charge is 0.396 e. The second-order valence-corrected chi connectivity index (χ2v) is 6.06. The first-order valence-corrected chi connectivity index (χ1v) is 7.30. The Bertz CT molecular complexity index is 635. The number of rotatable bonds is 6. The molecule has 0 fully saturated rings. The Hall–Kier alpha value is -2.21. The first kappa shape index (κ1) is 16.2. The Morgan fingerprint density at radius 2 is 2.18 bits per heavy atom. The first-order valence-electron chi connectivity index (χ1n) is 7.30. The van der Waals surface area contributed by atoms with Crippen LogP contribution in [0.3, 0.4) is 0 Å². The van der Waals surface area contributed by atoms with E-state index in [1.807, 2.05) is 39.0 Å². The monoisotopic (exact) mass is 302 g/mol. The minimum absolute atomic E-state index is 0.111. The standard InChI is InChI=1S/C16H22N4O2/c1-12-13(15(22)18-11-16(2,3)7-9-21)10-19-20(12)14-6-4-5-8-17-14/h4-6,8,10,21H,7,9,11H2,1-3H3,(H,18,22). The van der Waals surface area contributed by atoms with Gasteiger partial charge in [0.25, 0.3) is 5.91 Å². The van der Waals surface area contributed by atoms with E-state index < -0.39 is 0 Å². The smallest absolute Gasteiger partial charge is 0.254 e. The Morgan fingerprint density at radius 1 is 1.41 bits per heavy atom. The van der Waals surface area contributed by atoms with Crippen molar-refractivity contribution in [2.24, 2.45) is 5.41 Å². The maximum atomic E-state index is 12.3. The van der Waals surface area contributed by atoms with Crippen LogP contribution < -0.4 is 5.32 Å². The van der Waals surface area contributed by atoms with E-state index in [-0.39, 0.29) is 17.9 Å². The van der Waals surface area contributed by atoms with E-state index in [4.69, 9.17) is 5.11 Å². The molecule has 0 aliphatic rings. The van der Waals surface area contributed by atoms with Gasteiger partial charge in [0.2, 0.25) is 0 Å². The normalized spacial score (nSPS) is 11.5. The number of aliphatic hydroxyl groups is 1. The number of aromatic nitrogens is 3. The summed E-state index contributed by atoms with van der Waals surface area (Å²) in [6, 6.07) is 5.55. The predicted molar refractivity (Wildman–Crippen MR) is 83.9 cm³/mol. The summed E-state index contributed by atoms with van der Waals surface area (Å²) in [6.07, 6.45) is 3.88. The molecule has 0 aliphatic carbocycles. The summed E-state index contributed by atoms with van der Waals surface area (Å²) in [5, 5.41) is 16.2. The van der Waals surface area contributed by atoms with Crippen molar-refractivity contribution in [1.82, 2.24) is 20.1 Å². The molecule has 0 saturated carbocycles. The molecule has 2 aromatic rings. The van der Waals surface area contributed by atoms with Gasteiger partial charge in [-0.3, -0.25) is 4.79 Å². The Kier molecular flexibility index (Phi) is 4.92. The Morgan fingerprint density at radius 3 is 2.82 bits per heavy atom. The molecule has 118 valence electrons. The molecule has 0 spiro atoms. The molecule has 0 aliphatic heterocycles. The number of nitrogens with one attached hydrogen (secondary N) is 1. The molecule has 1 amide bonds. The van der Waals surface area contributed by atoms with Crippen LogP contribution >= 0.6 is 0 Å². The summed E-state index contributed by atoms with van der Waals surface area (Å²) in [5.41, 5.74) is 1.14. The van der Waals surface area contributed by atoms with E-state index in [9.17, 15) is 4.79 Å². The maximum Gasteiger partial charge on any atom is 0.254 e. The van der Waals surface area contributed by atoms with E-state index >= 15 is 0 Å². The molecule has 0 radical (unpaired) electrons. The fourth-order valence-electron chi connectivity index (χ4n) is 2.15. The van der Waals surface area contributed by atoms with Gasteiger partial charge in [-0.25, -0.2) is 9.67 Å².